The van der Waals surface area contributed by atoms with Gasteiger partial charge in [0.2, 0.25) is 10.4 Å². The molecular weight excluding hydrogens is 426 g/mol. The second-order valence-corrected chi connectivity index (χ2v) is 9.48. The van der Waals surface area contributed by atoms with Crippen LogP contribution in [0.4, 0.5) is 0 Å². The van der Waals surface area contributed by atoms with Gasteiger partial charge in [0.25, 0.3) is 0 Å². The lowest BCUT2D eigenvalue weighted by atomic mass is 10.1. The Bertz CT molecular complexity index is 510. The number of hydrogen-bond donors (Lipinski definition) is 4. The Hall–Kier alpha value is -0.330. The fourth-order valence-corrected chi connectivity index (χ4v) is 4.32. The number of aliphatic hydroxyl groups excluding tert-OH is 4. The van der Waals surface area contributed by atoms with Gasteiger partial charge >= 0.3 is 0 Å². The minimum Gasteiger partial charge on any atom is -0.726 e. The minimum atomic E-state index is -4.84. The molecule has 10 heteroatoms. The van der Waals surface area contributed by atoms with E-state index in [0.29, 0.717) is 49.8 Å². The zero-order valence-electron chi connectivity index (χ0n) is 19.2. The Balaban J connectivity index is 4.77. The van der Waals surface area contributed by atoms with Gasteiger partial charge < -0.3 is 25.0 Å². The fraction of sp³-hybridized carbons (Fsp3) is 1.00. The van der Waals surface area contributed by atoms with Gasteiger partial charge in [0.15, 0.2) is 6.23 Å². The first kappa shape index (κ1) is 30.7. The number of nitrogens with zero attached hydrogens (tertiary/aromatic N) is 1. The zero-order valence-corrected chi connectivity index (χ0v) is 20.0. The van der Waals surface area contributed by atoms with E-state index < -0.39 is 29.3 Å². The van der Waals surface area contributed by atoms with E-state index in [0.717, 1.165) is 19.3 Å². The van der Waals surface area contributed by atoms with Crippen molar-refractivity contribution in [1.82, 2.24) is 0 Å². The highest BCUT2D eigenvalue weighted by Crippen LogP contribution is 2.22. The quantitative estimate of drug-likeness (QED) is 0.0612. The van der Waals surface area contributed by atoms with Crippen LogP contribution in [0, 0.1) is 0 Å². The van der Waals surface area contributed by atoms with Crippen molar-refractivity contribution in [3.8, 4) is 0 Å². The molecule has 31 heavy (non-hydrogen) atoms. The van der Waals surface area contributed by atoms with Crippen LogP contribution >= 0.6 is 0 Å². The summed E-state index contributed by atoms with van der Waals surface area (Å²) in [6, 6.07) is 0. The van der Waals surface area contributed by atoms with Crippen molar-refractivity contribution in [2.75, 3.05) is 39.5 Å². The van der Waals surface area contributed by atoms with Gasteiger partial charge in [-0.25, -0.2) is 8.42 Å². The van der Waals surface area contributed by atoms with Crippen molar-refractivity contribution in [3.05, 3.63) is 0 Å². The Morgan fingerprint density at radius 1 is 0.806 bits per heavy atom. The Morgan fingerprint density at radius 3 is 1.84 bits per heavy atom. The number of aliphatic hydroxyl groups is 4. The third-order valence-corrected chi connectivity index (χ3v) is 6.19. The summed E-state index contributed by atoms with van der Waals surface area (Å²) >= 11 is 0. The summed E-state index contributed by atoms with van der Waals surface area (Å²) in [4.78, 5) is 0. The van der Waals surface area contributed by atoms with E-state index in [2.05, 4.69) is 11.1 Å². The standard InChI is InChI=1S/C21H45NO8S/c1-2-3-4-5-6-7-8-13-21(26)22(15-10-17-23,16-11-18-24)14-9-12-20(25)19-30-31(27,28)29/h20-21,23-26H,2-19H2,1H3. The van der Waals surface area contributed by atoms with Crippen molar-refractivity contribution < 1.29 is 42.1 Å². The van der Waals surface area contributed by atoms with Crippen molar-refractivity contribution in [2.24, 2.45) is 0 Å². The molecule has 0 aromatic carbocycles. The molecule has 0 bridgehead atoms. The second-order valence-electron chi connectivity index (χ2n) is 8.42. The molecule has 188 valence electrons. The zero-order chi connectivity index (χ0) is 23.6. The molecule has 0 aromatic heterocycles. The predicted molar refractivity (Wildman–Crippen MR) is 118 cm³/mol. The molecule has 2 unspecified atom stereocenters. The fourth-order valence-electron chi connectivity index (χ4n) is 4.00. The SMILES string of the molecule is CCCCCCCCCC(O)[N+](CCCO)(CCCO)CCCC(O)COS(=O)(=O)[O-]. The maximum atomic E-state index is 11.0. The first-order valence-electron chi connectivity index (χ1n) is 11.7. The van der Waals surface area contributed by atoms with Crippen LogP contribution in [0.25, 0.3) is 0 Å². The molecule has 0 saturated carbocycles. The molecule has 4 N–H and O–H groups in total. The number of quaternary nitrogens is 1. The molecule has 2 atom stereocenters. The normalized spacial score (nSPS) is 14.6. The van der Waals surface area contributed by atoms with Crippen LogP contribution < -0.4 is 0 Å². The first-order chi connectivity index (χ1) is 14.7. The number of rotatable bonds is 22. The molecule has 0 radical (unpaired) electrons. The van der Waals surface area contributed by atoms with Crippen LogP contribution in [-0.4, -0.2) is 89.7 Å². The monoisotopic (exact) mass is 471 g/mol. The average molecular weight is 472 g/mol. The van der Waals surface area contributed by atoms with Crippen molar-refractivity contribution >= 4 is 10.4 Å². The summed E-state index contributed by atoms with van der Waals surface area (Å²) in [5, 5.41) is 39.6. The predicted octanol–water partition coefficient (Wildman–Crippen LogP) is 1.64. The summed E-state index contributed by atoms with van der Waals surface area (Å²) in [5.41, 5.74) is 0. The molecule has 0 rings (SSSR count). The highest BCUT2D eigenvalue weighted by Gasteiger charge is 2.34. The maximum absolute atomic E-state index is 11.0. The molecule has 0 aliphatic carbocycles. The van der Waals surface area contributed by atoms with Crippen LogP contribution in [0.2, 0.25) is 0 Å². The molecule has 0 fully saturated rings. The summed E-state index contributed by atoms with van der Waals surface area (Å²) in [6.45, 7) is 3.22. The van der Waals surface area contributed by atoms with E-state index in [1.165, 1.54) is 25.7 Å². The Kier molecular flexibility index (Phi) is 17.9. The molecule has 0 spiro atoms. The molecule has 0 aromatic rings. The van der Waals surface area contributed by atoms with Gasteiger partial charge in [-0.2, -0.15) is 0 Å². The van der Waals surface area contributed by atoms with Gasteiger partial charge in [-0.15, -0.1) is 0 Å². The summed E-state index contributed by atoms with van der Waals surface area (Å²) in [5.74, 6) is 0. The van der Waals surface area contributed by atoms with Crippen LogP contribution in [0.5, 0.6) is 0 Å². The molecule has 0 heterocycles. The molecule has 0 aliphatic rings. The lowest BCUT2D eigenvalue weighted by Gasteiger charge is -2.43. The number of hydrogen-bond acceptors (Lipinski definition) is 8. The number of unbranched alkanes of at least 4 members (excludes halogenated alkanes) is 6. The average Bonchev–Trinajstić information content (AvgIpc) is 2.72. The molecule has 9 nitrogen and oxygen atoms in total. The van der Waals surface area contributed by atoms with Crippen LogP contribution in [0.3, 0.4) is 0 Å². The highest BCUT2D eigenvalue weighted by molar-refractivity contribution is 7.80. The first-order valence-corrected chi connectivity index (χ1v) is 13.1. The smallest absolute Gasteiger partial charge is 0.217 e. The van der Waals surface area contributed by atoms with Crippen LogP contribution in [0.15, 0.2) is 0 Å². The van der Waals surface area contributed by atoms with Gasteiger partial charge in [-0.3, -0.25) is 8.67 Å². The molecule has 0 amide bonds. The Morgan fingerprint density at radius 2 is 1.32 bits per heavy atom. The van der Waals surface area contributed by atoms with Crippen molar-refractivity contribution in [3.63, 3.8) is 0 Å². The van der Waals surface area contributed by atoms with Crippen LogP contribution in [0.1, 0.15) is 84.0 Å². The van der Waals surface area contributed by atoms with E-state index in [9.17, 15) is 33.4 Å². The van der Waals surface area contributed by atoms with E-state index >= 15 is 0 Å². The van der Waals surface area contributed by atoms with Crippen molar-refractivity contribution in [1.29, 1.82) is 0 Å². The lowest BCUT2D eigenvalue weighted by Crippen LogP contribution is -2.57. The summed E-state index contributed by atoms with van der Waals surface area (Å²) in [7, 11) is -4.84. The van der Waals surface area contributed by atoms with Gasteiger partial charge in [0.05, 0.1) is 32.3 Å². The van der Waals surface area contributed by atoms with Gasteiger partial charge in [-0.1, -0.05) is 45.4 Å². The van der Waals surface area contributed by atoms with Gasteiger partial charge in [-0.05, 0) is 19.3 Å². The third kappa shape index (κ3) is 16.0. The van der Waals surface area contributed by atoms with E-state index in [4.69, 9.17) is 0 Å². The Labute approximate surface area is 188 Å². The van der Waals surface area contributed by atoms with E-state index in [1.807, 2.05) is 0 Å². The molecule has 0 aliphatic heterocycles. The van der Waals surface area contributed by atoms with E-state index in [-0.39, 0.29) is 19.6 Å². The maximum Gasteiger partial charge on any atom is 0.217 e. The second kappa shape index (κ2) is 18.1. The molecular formula is C21H45NO8S. The summed E-state index contributed by atoms with van der Waals surface area (Å²) in [6.07, 6.45) is 8.65. The van der Waals surface area contributed by atoms with Gasteiger partial charge in [0, 0.05) is 32.5 Å². The van der Waals surface area contributed by atoms with Gasteiger partial charge in [0.1, 0.15) is 0 Å². The lowest BCUT2D eigenvalue weighted by molar-refractivity contribution is -0.972. The van der Waals surface area contributed by atoms with Crippen molar-refractivity contribution in [2.45, 2.75) is 96.3 Å². The third-order valence-electron chi connectivity index (χ3n) is 5.77. The van der Waals surface area contributed by atoms with E-state index in [1.54, 1.807) is 0 Å². The molecule has 0 saturated heterocycles. The summed E-state index contributed by atoms with van der Waals surface area (Å²) < 4.78 is 36.0. The topological polar surface area (TPSA) is 147 Å². The largest absolute Gasteiger partial charge is 0.726 e. The minimum absolute atomic E-state index is 0.00109. The van der Waals surface area contributed by atoms with Crippen LogP contribution in [-0.2, 0) is 14.6 Å². The highest BCUT2D eigenvalue weighted by atomic mass is 32.3.